The van der Waals surface area contributed by atoms with Crippen LogP contribution < -0.4 is 0 Å². The van der Waals surface area contributed by atoms with Crippen LogP contribution in [0.15, 0.2) is 41.2 Å². The molecule has 0 bridgehead atoms. The van der Waals surface area contributed by atoms with E-state index in [9.17, 15) is 4.79 Å². The second kappa shape index (κ2) is 4.82. The number of ether oxygens (including phenoxy) is 2. The van der Waals surface area contributed by atoms with E-state index in [-0.39, 0.29) is 5.70 Å². The molecule has 0 fully saturated rings. The number of carbonyl (C=O) groups excluding carboxylic acids is 1. The molecule has 1 aliphatic rings. The summed E-state index contributed by atoms with van der Waals surface area (Å²) in [6.45, 7) is 4.32. The van der Waals surface area contributed by atoms with Crippen molar-refractivity contribution in [3.8, 4) is 0 Å². The van der Waals surface area contributed by atoms with Crippen molar-refractivity contribution in [2.75, 3.05) is 6.61 Å². The van der Waals surface area contributed by atoms with Crippen LogP contribution in [0.1, 0.15) is 18.1 Å². The summed E-state index contributed by atoms with van der Waals surface area (Å²) in [6.07, 6.45) is 1.32. The van der Waals surface area contributed by atoms with Crippen LogP contribution in [0.2, 0.25) is 0 Å². The molecule has 0 N–H and O–H groups in total. The standard InChI is InChI=1S/C13H13NO3/c1-3-16-8-11-13(15)17-12(14-11)10-6-4-9(2)5-7-10/h4-8H,3H2,1-2H3/b11-8+. The predicted molar refractivity (Wildman–Crippen MR) is 63.5 cm³/mol. The number of rotatable bonds is 3. The minimum Gasteiger partial charge on any atom is -0.499 e. The molecule has 1 aliphatic heterocycles. The first-order valence-electron chi connectivity index (χ1n) is 5.40. The van der Waals surface area contributed by atoms with E-state index in [1.807, 2.05) is 38.1 Å². The molecule has 0 saturated heterocycles. The maximum absolute atomic E-state index is 11.4. The molecule has 4 nitrogen and oxygen atoms in total. The lowest BCUT2D eigenvalue weighted by molar-refractivity contribution is -0.130. The van der Waals surface area contributed by atoms with E-state index >= 15 is 0 Å². The Bertz CT molecular complexity index is 486. The summed E-state index contributed by atoms with van der Waals surface area (Å²) in [5.74, 6) is -0.157. The summed E-state index contributed by atoms with van der Waals surface area (Å²) in [5, 5.41) is 0. The van der Waals surface area contributed by atoms with Gasteiger partial charge in [-0.25, -0.2) is 9.79 Å². The Balaban J connectivity index is 2.24. The summed E-state index contributed by atoms with van der Waals surface area (Å²) in [6, 6.07) is 7.61. The monoisotopic (exact) mass is 231 g/mol. The number of aryl methyl sites for hydroxylation is 1. The van der Waals surface area contributed by atoms with E-state index in [1.54, 1.807) is 0 Å². The van der Waals surface area contributed by atoms with E-state index < -0.39 is 5.97 Å². The Hall–Kier alpha value is -2.10. The third kappa shape index (κ3) is 2.53. The van der Waals surface area contributed by atoms with Gasteiger partial charge in [0.1, 0.15) is 6.26 Å². The van der Waals surface area contributed by atoms with Crippen molar-refractivity contribution in [1.29, 1.82) is 0 Å². The largest absolute Gasteiger partial charge is 0.499 e. The van der Waals surface area contributed by atoms with Crippen LogP contribution in [0.25, 0.3) is 0 Å². The molecule has 0 aliphatic carbocycles. The number of benzene rings is 1. The predicted octanol–water partition coefficient (Wildman–Crippen LogP) is 2.18. The van der Waals surface area contributed by atoms with Gasteiger partial charge in [-0.15, -0.1) is 0 Å². The fourth-order valence-electron chi connectivity index (χ4n) is 1.37. The van der Waals surface area contributed by atoms with E-state index in [0.717, 1.165) is 11.1 Å². The van der Waals surface area contributed by atoms with Gasteiger partial charge in [-0.1, -0.05) is 17.7 Å². The number of hydrogen-bond donors (Lipinski definition) is 0. The molecular formula is C13H13NO3. The van der Waals surface area contributed by atoms with Gasteiger partial charge in [0.25, 0.3) is 0 Å². The fourth-order valence-corrected chi connectivity index (χ4v) is 1.37. The third-order valence-corrected chi connectivity index (χ3v) is 2.28. The highest BCUT2D eigenvalue weighted by atomic mass is 16.6. The molecule has 2 rings (SSSR count). The van der Waals surface area contributed by atoms with Crippen molar-refractivity contribution in [3.05, 3.63) is 47.4 Å². The van der Waals surface area contributed by atoms with Gasteiger partial charge in [0, 0.05) is 5.56 Å². The zero-order valence-corrected chi connectivity index (χ0v) is 9.77. The normalized spacial score (nSPS) is 16.9. The van der Waals surface area contributed by atoms with Gasteiger partial charge in [-0.2, -0.15) is 0 Å². The maximum atomic E-state index is 11.4. The van der Waals surface area contributed by atoms with Crippen LogP contribution in [0.3, 0.4) is 0 Å². The quantitative estimate of drug-likeness (QED) is 0.455. The van der Waals surface area contributed by atoms with Crippen LogP contribution in [-0.4, -0.2) is 18.5 Å². The summed E-state index contributed by atoms with van der Waals surface area (Å²) >= 11 is 0. The first-order chi connectivity index (χ1) is 8.20. The van der Waals surface area contributed by atoms with Crippen molar-refractivity contribution in [2.45, 2.75) is 13.8 Å². The van der Waals surface area contributed by atoms with E-state index in [4.69, 9.17) is 9.47 Å². The van der Waals surface area contributed by atoms with Crippen molar-refractivity contribution in [2.24, 2.45) is 4.99 Å². The SMILES string of the molecule is CCO/C=C1/N=C(c2ccc(C)cc2)OC1=O. The molecule has 17 heavy (non-hydrogen) atoms. The first-order valence-corrected chi connectivity index (χ1v) is 5.40. The van der Waals surface area contributed by atoms with Crippen molar-refractivity contribution >= 4 is 11.9 Å². The average molecular weight is 231 g/mol. The highest BCUT2D eigenvalue weighted by molar-refractivity contribution is 6.10. The van der Waals surface area contributed by atoms with Gasteiger partial charge in [0.15, 0.2) is 5.70 Å². The van der Waals surface area contributed by atoms with Crippen molar-refractivity contribution < 1.29 is 14.3 Å². The molecule has 0 unspecified atom stereocenters. The molecule has 0 aromatic heterocycles. The van der Waals surface area contributed by atoms with Gasteiger partial charge >= 0.3 is 5.97 Å². The molecule has 88 valence electrons. The minimum atomic E-state index is -0.478. The lowest BCUT2D eigenvalue weighted by Crippen LogP contribution is -2.05. The van der Waals surface area contributed by atoms with Crippen LogP contribution >= 0.6 is 0 Å². The second-order valence-corrected chi connectivity index (χ2v) is 3.63. The topological polar surface area (TPSA) is 47.9 Å². The highest BCUT2D eigenvalue weighted by Crippen LogP contribution is 2.16. The number of carbonyl (C=O) groups is 1. The first kappa shape index (κ1) is 11.4. The van der Waals surface area contributed by atoms with Crippen LogP contribution in [-0.2, 0) is 14.3 Å². The van der Waals surface area contributed by atoms with Gasteiger partial charge in [0.05, 0.1) is 6.61 Å². The Morgan fingerprint density at radius 1 is 1.35 bits per heavy atom. The summed E-state index contributed by atoms with van der Waals surface area (Å²) < 4.78 is 10.1. The molecule has 0 radical (unpaired) electrons. The molecule has 1 aromatic carbocycles. The van der Waals surface area contributed by atoms with Crippen molar-refractivity contribution in [1.82, 2.24) is 0 Å². The Kier molecular flexibility index (Phi) is 3.23. The van der Waals surface area contributed by atoms with Crippen LogP contribution in [0.4, 0.5) is 0 Å². The highest BCUT2D eigenvalue weighted by Gasteiger charge is 2.24. The average Bonchev–Trinajstić information content (AvgIpc) is 2.69. The molecular weight excluding hydrogens is 218 g/mol. The minimum absolute atomic E-state index is 0.197. The zero-order chi connectivity index (χ0) is 12.3. The number of cyclic esters (lactones) is 1. The number of hydrogen-bond acceptors (Lipinski definition) is 4. The van der Waals surface area contributed by atoms with Gasteiger partial charge < -0.3 is 9.47 Å². The Labute approximate surface area is 99.6 Å². The third-order valence-electron chi connectivity index (χ3n) is 2.28. The van der Waals surface area contributed by atoms with E-state index in [1.165, 1.54) is 6.26 Å². The van der Waals surface area contributed by atoms with E-state index in [0.29, 0.717) is 12.5 Å². The summed E-state index contributed by atoms with van der Waals surface area (Å²) in [5.41, 5.74) is 2.12. The zero-order valence-electron chi connectivity index (χ0n) is 9.77. The van der Waals surface area contributed by atoms with Crippen molar-refractivity contribution in [3.63, 3.8) is 0 Å². The fraction of sp³-hybridized carbons (Fsp3) is 0.231. The number of nitrogens with zero attached hydrogens (tertiary/aromatic N) is 1. The Morgan fingerprint density at radius 2 is 2.06 bits per heavy atom. The smallest absolute Gasteiger partial charge is 0.367 e. The van der Waals surface area contributed by atoms with E-state index in [2.05, 4.69) is 4.99 Å². The molecule has 1 heterocycles. The second-order valence-electron chi connectivity index (χ2n) is 3.63. The van der Waals surface area contributed by atoms with Crippen LogP contribution in [0.5, 0.6) is 0 Å². The van der Waals surface area contributed by atoms with Gasteiger partial charge in [0.2, 0.25) is 5.90 Å². The van der Waals surface area contributed by atoms with Crippen LogP contribution in [0, 0.1) is 6.92 Å². The van der Waals surface area contributed by atoms with Gasteiger partial charge in [-0.05, 0) is 26.0 Å². The number of aliphatic imine (C=N–C) groups is 1. The molecule has 0 atom stereocenters. The summed E-state index contributed by atoms with van der Waals surface area (Å²) in [7, 11) is 0. The Morgan fingerprint density at radius 3 is 2.71 bits per heavy atom. The number of esters is 1. The summed E-state index contributed by atoms with van der Waals surface area (Å²) in [4.78, 5) is 15.5. The maximum Gasteiger partial charge on any atom is 0.367 e. The lowest BCUT2D eigenvalue weighted by atomic mass is 10.1. The molecule has 1 aromatic rings. The van der Waals surface area contributed by atoms with Gasteiger partial charge in [-0.3, -0.25) is 0 Å². The molecule has 4 heteroatoms. The molecule has 0 amide bonds. The molecule has 0 spiro atoms. The molecule has 0 saturated carbocycles. The lowest BCUT2D eigenvalue weighted by Gasteiger charge is -1.99.